The molecular formula is C17H26N2O. The molecule has 1 amide bonds. The topological polar surface area (TPSA) is 46.3 Å². The van der Waals surface area contributed by atoms with Gasteiger partial charge in [0.25, 0.3) is 0 Å². The Balaban J connectivity index is 2.02. The number of amides is 1. The van der Waals surface area contributed by atoms with Crippen molar-refractivity contribution in [2.45, 2.75) is 45.7 Å². The van der Waals surface area contributed by atoms with Crippen LogP contribution in [0.5, 0.6) is 0 Å². The number of benzene rings is 1. The van der Waals surface area contributed by atoms with Crippen molar-refractivity contribution in [2.24, 2.45) is 17.6 Å². The lowest BCUT2D eigenvalue weighted by molar-refractivity contribution is -0.138. The molecule has 3 nitrogen and oxygen atoms in total. The summed E-state index contributed by atoms with van der Waals surface area (Å²) < 4.78 is 0. The molecule has 1 aliphatic heterocycles. The molecule has 0 spiro atoms. The number of carbonyl (C=O) groups excluding carboxylic acids is 1. The maximum absolute atomic E-state index is 12.6. The molecule has 2 rings (SSSR count). The lowest BCUT2D eigenvalue weighted by Crippen LogP contribution is -2.54. The van der Waals surface area contributed by atoms with E-state index in [1.54, 1.807) is 0 Å². The van der Waals surface area contributed by atoms with Crippen LogP contribution in [-0.2, 0) is 11.2 Å². The van der Waals surface area contributed by atoms with E-state index in [1.807, 2.05) is 35.2 Å². The Hall–Kier alpha value is -1.35. The zero-order valence-electron chi connectivity index (χ0n) is 12.8. The normalized spacial score (nSPS) is 28.2. The van der Waals surface area contributed by atoms with Crippen LogP contribution in [0.15, 0.2) is 30.3 Å². The highest BCUT2D eigenvalue weighted by Gasteiger charge is 2.33. The predicted octanol–water partition coefficient (Wildman–Crippen LogP) is 2.45. The van der Waals surface area contributed by atoms with E-state index < -0.39 is 6.04 Å². The van der Waals surface area contributed by atoms with Gasteiger partial charge in [-0.25, -0.2) is 0 Å². The third-order valence-corrected chi connectivity index (χ3v) is 4.50. The molecule has 0 radical (unpaired) electrons. The van der Waals surface area contributed by atoms with Crippen LogP contribution in [0.2, 0.25) is 0 Å². The molecule has 3 unspecified atom stereocenters. The van der Waals surface area contributed by atoms with Gasteiger partial charge in [-0.05, 0) is 37.2 Å². The van der Waals surface area contributed by atoms with E-state index in [2.05, 4.69) is 20.8 Å². The van der Waals surface area contributed by atoms with Gasteiger partial charge in [0.05, 0.1) is 6.04 Å². The molecule has 1 aliphatic rings. The molecule has 1 fully saturated rings. The monoisotopic (exact) mass is 274 g/mol. The first-order chi connectivity index (χ1) is 9.49. The van der Waals surface area contributed by atoms with Gasteiger partial charge in [0.2, 0.25) is 5.91 Å². The summed E-state index contributed by atoms with van der Waals surface area (Å²) in [4.78, 5) is 14.6. The van der Waals surface area contributed by atoms with Crippen molar-refractivity contribution in [3.8, 4) is 0 Å². The Labute approximate surface area is 122 Å². The summed E-state index contributed by atoms with van der Waals surface area (Å²) in [6.07, 6.45) is 1.81. The average molecular weight is 274 g/mol. The second kappa shape index (κ2) is 6.40. The van der Waals surface area contributed by atoms with E-state index in [9.17, 15) is 4.79 Å². The van der Waals surface area contributed by atoms with Gasteiger partial charge in [-0.1, -0.05) is 44.2 Å². The largest absolute Gasteiger partial charge is 0.338 e. The van der Waals surface area contributed by atoms with Gasteiger partial charge in [-0.3, -0.25) is 4.79 Å². The molecule has 0 saturated carbocycles. The van der Waals surface area contributed by atoms with E-state index in [1.165, 1.54) is 6.42 Å². The minimum absolute atomic E-state index is 0.0970. The molecular weight excluding hydrogens is 248 g/mol. The maximum atomic E-state index is 12.6. The zero-order valence-corrected chi connectivity index (χ0v) is 12.8. The molecule has 4 atom stereocenters. The predicted molar refractivity (Wildman–Crippen MR) is 82.2 cm³/mol. The molecule has 2 N–H and O–H groups in total. The SMILES string of the molecule is CC1CC(C)C(C)N(C(=O)[C@@H](N)Cc2ccccc2)C1. The van der Waals surface area contributed by atoms with Crippen LogP contribution in [0.1, 0.15) is 32.8 Å². The Kier molecular flexibility index (Phi) is 4.81. The minimum atomic E-state index is -0.433. The second-order valence-electron chi connectivity index (χ2n) is 6.35. The van der Waals surface area contributed by atoms with E-state index in [0.717, 1.165) is 12.1 Å². The first-order valence-corrected chi connectivity index (χ1v) is 7.59. The number of hydrogen-bond acceptors (Lipinski definition) is 2. The molecule has 1 aromatic carbocycles. The molecule has 0 aromatic heterocycles. The first-order valence-electron chi connectivity index (χ1n) is 7.59. The number of piperidine rings is 1. The lowest BCUT2D eigenvalue weighted by atomic mass is 9.85. The van der Waals surface area contributed by atoms with Crippen LogP contribution in [0.25, 0.3) is 0 Å². The fourth-order valence-electron chi connectivity index (χ4n) is 3.17. The van der Waals surface area contributed by atoms with Crippen LogP contribution in [0, 0.1) is 11.8 Å². The van der Waals surface area contributed by atoms with E-state index in [0.29, 0.717) is 24.3 Å². The number of hydrogen-bond donors (Lipinski definition) is 1. The van der Waals surface area contributed by atoms with Crippen LogP contribution in [0.4, 0.5) is 0 Å². The zero-order chi connectivity index (χ0) is 14.7. The van der Waals surface area contributed by atoms with Crippen LogP contribution < -0.4 is 5.73 Å². The summed E-state index contributed by atoms with van der Waals surface area (Å²) in [5, 5.41) is 0. The lowest BCUT2D eigenvalue weighted by Gasteiger charge is -2.42. The van der Waals surface area contributed by atoms with Gasteiger partial charge in [-0.2, -0.15) is 0 Å². The van der Waals surface area contributed by atoms with Crippen molar-refractivity contribution in [3.05, 3.63) is 35.9 Å². The van der Waals surface area contributed by atoms with Crippen molar-refractivity contribution in [1.82, 2.24) is 4.90 Å². The first kappa shape index (κ1) is 15.0. The summed E-state index contributed by atoms with van der Waals surface area (Å²) >= 11 is 0. The average Bonchev–Trinajstić information content (AvgIpc) is 2.43. The van der Waals surface area contributed by atoms with E-state index in [4.69, 9.17) is 5.73 Å². The molecule has 1 heterocycles. The Morgan fingerprint density at radius 2 is 1.95 bits per heavy atom. The van der Waals surface area contributed by atoms with Crippen LogP contribution >= 0.6 is 0 Å². The summed E-state index contributed by atoms with van der Waals surface area (Å²) in [6, 6.07) is 9.86. The number of rotatable bonds is 3. The highest BCUT2D eigenvalue weighted by Crippen LogP contribution is 2.27. The molecule has 3 heteroatoms. The second-order valence-corrected chi connectivity index (χ2v) is 6.35. The maximum Gasteiger partial charge on any atom is 0.240 e. The van der Waals surface area contributed by atoms with Gasteiger partial charge in [0.1, 0.15) is 0 Å². The summed E-state index contributed by atoms with van der Waals surface area (Å²) in [7, 11) is 0. The van der Waals surface area contributed by atoms with Crippen molar-refractivity contribution >= 4 is 5.91 Å². The van der Waals surface area contributed by atoms with Crippen molar-refractivity contribution in [3.63, 3.8) is 0 Å². The highest BCUT2D eigenvalue weighted by molar-refractivity contribution is 5.82. The Bertz CT molecular complexity index is 446. The van der Waals surface area contributed by atoms with Crippen molar-refractivity contribution < 1.29 is 4.79 Å². The van der Waals surface area contributed by atoms with Gasteiger partial charge in [0.15, 0.2) is 0 Å². The third-order valence-electron chi connectivity index (χ3n) is 4.50. The Morgan fingerprint density at radius 1 is 1.30 bits per heavy atom. The number of nitrogens with zero attached hydrogens (tertiary/aromatic N) is 1. The quantitative estimate of drug-likeness (QED) is 0.920. The van der Waals surface area contributed by atoms with Gasteiger partial charge in [-0.15, -0.1) is 0 Å². The Morgan fingerprint density at radius 3 is 2.60 bits per heavy atom. The van der Waals surface area contributed by atoms with Gasteiger partial charge in [0, 0.05) is 12.6 Å². The molecule has 0 bridgehead atoms. The van der Waals surface area contributed by atoms with Crippen molar-refractivity contribution in [1.29, 1.82) is 0 Å². The standard InChI is InChI=1S/C17H26N2O/c1-12-9-13(2)14(3)19(11-12)17(20)16(18)10-15-7-5-4-6-8-15/h4-8,12-14,16H,9-11,18H2,1-3H3/t12?,13?,14?,16-/m0/s1. The van der Waals surface area contributed by atoms with E-state index >= 15 is 0 Å². The fraction of sp³-hybridized carbons (Fsp3) is 0.588. The smallest absolute Gasteiger partial charge is 0.240 e. The molecule has 0 aliphatic carbocycles. The summed E-state index contributed by atoms with van der Waals surface area (Å²) in [6.45, 7) is 7.42. The number of carbonyl (C=O) groups is 1. The molecule has 1 saturated heterocycles. The molecule has 20 heavy (non-hydrogen) atoms. The van der Waals surface area contributed by atoms with Gasteiger partial charge >= 0.3 is 0 Å². The highest BCUT2D eigenvalue weighted by atomic mass is 16.2. The summed E-state index contributed by atoms with van der Waals surface area (Å²) in [5.41, 5.74) is 7.27. The fourth-order valence-corrected chi connectivity index (χ4v) is 3.17. The molecule has 110 valence electrons. The number of nitrogens with two attached hydrogens (primary N) is 1. The van der Waals surface area contributed by atoms with E-state index in [-0.39, 0.29) is 5.91 Å². The van der Waals surface area contributed by atoms with Crippen LogP contribution in [-0.4, -0.2) is 29.4 Å². The number of likely N-dealkylation sites (tertiary alicyclic amines) is 1. The molecule has 1 aromatic rings. The van der Waals surface area contributed by atoms with Crippen LogP contribution in [0.3, 0.4) is 0 Å². The third kappa shape index (κ3) is 3.40. The van der Waals surface area contributed by atoms with Crippen molar-refractivity contribution in [2.75, 3.05) is 6.54 Å². The minimum Gasteiger partial charge on any atom is -0.338 e. The van der Waals surface area contributed by atoms with Gasteiger partial charge < -0.3 is 10.6 Å². The summed E-state index contributed by atoms with van der Waals surface area (Å²) in [5.74, 6) is 1.21.